The summed E-state index contributed by atoms with van der Waals surface area (Å²) in [6, 6.07) is -1.73. The molecule has 0 unspecified atom stereocenters. The number of nitrogens with one attached hydrogen (secondary N) is 4. The minimum Gasteiger partial charge on any atom is -0.386 e. The largest absolute Gasteiger partial charge is 0.386 e. The number of carbonyl (C=O) groups is 4. The fourth-order valence-corrected chi connectivity index (χ4v) is 4.40. The maximum absolute atomic E-state index is 13.0. The number of carbonyl (C=O) groups excluding carboxylic acids is 4. The Labute approximate surface area is 236 Å². The van der Waals surface area contributed by atoms with E-state index in [0.717, 1.165) is 19.3 Å². The molecule has 0 spiro atoms. The van der Waals surface area contributed by atoms with Crippen molar-refractivity contribution < 1.29 is 19.2 Å². The molecule has 0 saturated heterocycles. The van der Waals surface area contributed by atoms with E-state index in [2.05, 4.69) is 34.8 Å². The van der Waals surface area contributed by atoms with Crippen LogP contribution >= 0.6 is 0 Å². The summed E-state index contributed by atoms with van der Waals surface area (Å²) in [6.07, 6.45) is 17.2. The molecule has 0 saturated carbocycles. The normalized spacial score (nSPS) is 12.3. The van der Waals surface area contributed by atoms with Crippen LogP contribution in [-0.4, -0.2) is 49.3 Å². The second-order valence-corrected chi connectivity index (χ2v) is 10.4. The van der Waals surface area contributed by atoms with Crippen LogP contribution in [0, 0.1) is 0 Å². The molecule has 0 aliphatic rings. The Balaban J connectivity index is 4.48. The standard InChI is InChI=1S/C29H56N6O4/c1-4-5-6-7-8-9-10-11-12-13-14-15-16-19-27(37)34-24(18-17-22-33-23(2)30)29(39)35-25(28(38)32-3)20-21-26(31)36/h24-25,33H,2,4-22,30H2,1,3H3,(H2,31,36)(H,32,38)(H,34,37)(H,35,39)/t24-,25-/m0/s1. The average molecular weight is 553 g/mol. The van der Waals surface area contributed by atoms with Crippen LogP contribution in [0.4, 0.5) is 0 Å². The number of likely N-dealkylation sites (N-methyl/N-ethyl adjacent to an activating group) is 1. The predicted octanol–water partition coefficient (Wildman–Crippen LogP) is 3.25. The molecule has 4 amide bonds. The highest BCUT2D eigenvalue weighted by molar-refractivity contribution is 5.92. The van der Waals surface area contributed by atoms with Crippen molar-refractivity contribution in [3.63, 3.8) is 0 Å². The Morgan fingerprint density at radius 2 is 1.18 bits per heavy atom. The van der Waals surface area contributed by atoms with Crippen molar-refractivity contribution in [1.82, 2.24) is 21.3 Å². The van der Waals surface area contributed by atoms with Gasteiger partial charge in [0.2, 0.25) is 23.6 Å². The van der Waals surface area contributed by atoms with Gasteiger partial charge in [0.05, 0.1) is 5.82 Å². The number of hydrogen-bond donors (Lipinski definition) is 6. The van der Waals surface area contributed by atoms with Crippen LogP contribution in [0.5, 0.6) is 0 Å². The highest BCUT2D eigenvalue weighted by Gasteiger charge is 2.26. The van der Waals surface area contributed by atoms with Gasteiger partial charge in [-0.05, 0) is 25.7 Å². The summed E-state index contributed by atoms with van der Waals surface area (Å²) in [7, 11) is 1.45. The Morgan fingerprint density at radius 1 is 0.667 bits per heavy atom. The SMILES string of the molecule is C=C(N)NCCC[C@H](NC(=O)CCCCCCCCCCCCCCC)C(=O)N[C@@H](CCC(N)=O)C(=O)NC. The summed E-state index contributed by atoms with van der Waals surface area (Å²) in [5, 5.41) is 10.9. The van der Waals surface area contributed by atoms with E-state index in [9.17, 15) is 19.2 Å². The Morgan fingerprint density at radius 3 is 1.67 bits per heavy atom. The van der Waals surface area contributed by atoms with Crippen LogP contribution in [-0.2, 0) is 19.2 Å². The molecular weight excluding hydrogens is 496 g/mol. The molecule has 0 rings (SSSR count). The maximum atomic E-state index is 13.0. The molecule has 0 heterocycles. The molecule has 0 aromatic heterocycles. The Bertz CT molecular complexity index is 716. The van der Waals surface area contributed by atoms with Crippen molar-refractivity contribution in [2.45, 2.75) is 135 Å². The van der Waals surface area contributed by atoms with Crippen molar-refractivity contribution in [2.24, 2.45) is 11.5 Å². The van der Waals surface area contributed by atoms with E-state index in [1.165, 1.54) is 71.3 Å². The highest BCUT2D eigenvalue weighted by Crippen LogP contribution is 2.13. The lowest BCUT2D eigenvalue weighted by Gasteiger charge is -2.23. The second kappa shape index (κ2) is 24.3. The first-order valence-electron chi connectivity index (χ1n) is 15.0. The lowest BCUT2D eigenvalue weighted by Crippen LogP contribution is -2.53. The Kier molecular flexibility index (Phi) is 22.5. The average Bonchev–Trinajstić information content (AvgIpc) is 2.90. The molecule has 0 aliphatic heterocycles. The zero-order chi connectivity index (χ0) is 29.3. The monoisotopic (exact) mass is 552 g/mol. The van der Waals surface area contributed by atoms with E-state index >= 15 is 0 Å². The van der Waals surface area contributed by atoms with Gasteiger partial charge < -0.3 is 32.7 Å². The number of amides is 4. The molecule has 0 aliphatic carbocycles. The van der Waals surface area contributed by atoms with Crippen LogP contribution in [0.2, 0.25) is 0 Å². The van der Waals surface area contributed by atoms with Gasteiger partial charge in [-0.2, -0.15) is 0 Å². The molecule has 226 valence electrons. The van der Waals surface area contributed by atoms with Gasteiger partial charge in [-0.1, -0.05) is 90.6 Å². The first-order chi connectivity index (χ1) is 18.7. The maximum Gasteiger partial charge on any atom is 0.243 e. The summed E-state index contributed by atoms with van der Waals surface area (Å²) in [5.74, 6) is -1.33. The molecule has 0 fully saturated rings. The molecule has 0 bridgehead atoms. The van der Waals surface area contributed by atoms with E-state index in [1.54, 1.807) is 0 Å². The zero-order valence-electron chi connectivity index (χ0n) is 24.6. The molecule has 0 aromatic rings. The molecule has 8 N–H and O–H groups in total. The number of rotatable bonds is 26. The van der Waals surface area contributed by atoms with Crippen molar-refractivity contribution in [3.05, 3.63) is 12.4 Å². The van der Waals surface area contributed by atoms with E-state index < -0.39 is 29.8 Å². The molecule has 10 nitrogen and oxygen atoms in total. The fraction of sp³-hybridized carbons (Fsp3) is 0.793. The third kappa shape index (κ3) is 21.8. The highest BCUT2D eigenvalue weighted by atomic mass is 16.2. The van der Waals surface area contributed by atoms with Crippen LogP contribution in [0.15, 0.2) is 12.4 Å². The third-order valence-corrected chi connectivity index (χ3v) is 6.74. The van der Waals surface area contributed by atoms with E-state index in [1.807, 2.05) is 0 Å². The molecular formula is C29H56N6O4. The first-order valence-corrected chi connectivity index (χ1v) is 15.0. The van der Waals surface area contributed by atoms with Crippen molar-refractivity contribution in [1.29, 1.82) is 0 Å². The lowest BCUT2D eigenvalue weighted by molar-refractivity contribution is -0.132. The Hall–Kier alpha value is -2.78. The number of primary amides is 1. The van der Waals surface area contributed by atoms with Crippen molar-refractivity contribution >= 4 is 23.6 Å². The van der Waals surface area contributed by atoms with Gasteiger partial charge in [0.1, 0.15) is 12.1 Å². The fourth-order valence-electron chi connectivity index (χ4n) is 4.40. The smallest absolute Gasteiger partial charge is 0.243 e. The minimum absolute atomic E-state index is 0.0447. The van der Waals surface area contributed by atoms with Gasteiger partial charge >= 0.3 is 0 Å². The number of nitrogens with two attached hydrogens (primary N) is 2. The summed E-state index contributed by atoms with van der Waals surface area (Å²) in [6.45, 7) is 6.32. The van der Waals surface area contributed by atoms with E-state index in [-0.39, 0.29) is 18.7 Å². The van der Waals surface area contributed by atoms with Gasteiger partial charge in [-0.15, -0.1) is 0 Å². The van der Waals surface area contributed by atoms with Gasteiger partial charge in [-0.25, -0.2) is 0 Å². The summed E-state index contributed by atoms with van der Waals surface area (Å²) in [5.41, 5.74) is 10.7. The molecule has 39 heavy (non-hydrogen) atoms. The third-order valence-electron chi connectivity index (χ3n) is 6.74. The van der Waals surface area contributed by atoms with Crippen molar-refractivity contribution in [3.8, 4) is 0 Å². The van der Waals surface area contributed by atoms with Crippen LogP contribution < -0.4 is 32.7 Å². The summed E-state index contributed by atoms with van der Waals surface area (Å²) in [4.78, 5) is 49.0. The van der Waals surface area contributed by atoms with Crippen LogP contribution in [0.1, 0.15) is 122 Å². The molecule has 0 radical (unpaired) electrons. The van der Waals surface area contributed by atoms with Crippen LogP contribution in [0.25, 0.3) is 0 Å². The van der Waals surface area contributed by atoms with Gasteiger partial charge in [0.25, 0.3) is 0 Å². The molecule has 2 atom stereocenters. The summed E-state index contributed by atoms with van der Waals surface area (Å²) < 4.78 is 0. The van der Waals surface area contributed by atoms with Crippen LogP contribution in [0.3, 0.4) is 0 Å². The lowest BCUT2D eigenvalue weighted by atomic mass is 10.0. The molecule has 0 aromatic carbocycles. The number of unbranched alkanes of at least 4 members (excludes halogenated alkanes) is 12. The summed E-state index contributed by atoms with van der Waals surface area (Å²) >= 11 is 0. The number of hydrogen-bond acceptors (Lipinski definition) is 6. The molecule has 10 heteroatoms. The van der Waals surface area contributed by atoms with Gasteiger partial charge in [-0.3, -0.25) is 19.2 Å². The minimum atomic E-state index is -0.919. The first kappa shape index (κ1) is 36.2. The van der Waals surface area contributed by atoms with Crippen molar-refractivity contribution in [2.75, 3.05) is 13.6 Å². The second-order valence-electron chi connectivity index (χ2n) is 10.4. The van der Waals surface area contributed by atoms with E-state index in [0.29, 0.717) is 31.6 Å². The van der Waals surface area contributed by atoms with Gasteiger partial charge in [0.15, 0.2) is 0 Å². The zero-order valence-corrected chi connectivity index (χ0v) is 24.6. The predicted molar refractivity (Wildman–Crippen MR) is 157 cm³/mol. The topological polar surface area (TPSA) is 168 Å². The van der Waals surface area contributed by atoms with E-state index in [4.69, 9.17) is 11.5 Å². The van der Waals surface area contributed by atoms with Gasteiger partial charge in [0, 0.05) is 26.4 Å². The quantitative estimate of drug-likeness (QED) is 0.0900.